The summed E-state index contributed by atoms with van der Waals surface area (Å²) in [5.41, 5.74) is 1.07. The Morgan fingerprint density at radius 2 is 1.55 bits per heavy atom. The normalized spacial score (nSPS) is 10.7. The van der Waals surface area contributed by atoms with Crippen LogP contribution in [0.15, 0.2) is 0 Å². The molecule has 5 heteroatoms. The molecule has 1 aromatic rings. The molecule has 0 aliphatic heterocycles. The molecule has 0 saturated carbocycles. The van der Waals surface area contributed by atoms with Gasteiger partial charge in [-0.2, -0.15) is 0 Å². The minimum Gasteiger partial charge on any atom is -0.504 e. The van der Waals surface area contributed by atoms with Gasteiger partial charge in [-0.3, -0.25) is 0 Å². The Kier molecular flexibility index (Phi) is 7.02. The summed E-state index contributed by atoms with van der Waals surface area (Å²) in [6, 6.07) is 0. The molecule has 0 fully saturated rings. The number of hydrogen-bond acceptors (Lipinski definition) is 4. The molecule has 0 spiro atoms. The molecule has 0 aliphatic carbocycles. The highest BCUT2D eigenvalue weighted by Crippen LogP contribution is 2.45. The van der Waals surface area contributed by atoms with Crippen molar-refractivity contribution in [2.45, 2.75) is 59.3 Å². The number of ether oxygens (including phenoxy) is 1. The molecule has 3 N–H and O–H groups in total. The molecule has 0 heterocycles. The Balaban J connectivity index is 3.50. The van der Waals surface area contributed by atoms with Crippen LogP contribution in [0, 0.1) is 0 Å². The van der Waals surface area contributed by atoms with Crippen molar-refractivity contribution in [2.75, 3.05) is 6.61 Å². The zero-order valence-corrected chi connectivity index (χ0v) is 13.6. The molecular weight excluding hydrogens is 284 g/mol. The topological polar surface area (TPSA) is 87.0 Å². The monoisotopic (exact) mass is 310 g/mol. The van der Waals surface area contributed by atoms with E-state index in [0.29, 0.717) is 30.6 Å². The Morgan fingerprint density at radius 1 is 0.955 bits per heavy atom. The second-order valence-electron chi connectivity index (χ2n) is 5.37. The van der Waals surface area contributed by atoms with Crippen LogP contribution >= 0.6 is 0 Å². The number of phenols is 2. The van der Waals surface area contributed by atoms with E-state index >= 15 is 0 Å². The van der Waals surface area contributed by atoms with E-state index in [-0.39, 0.29) is 11.3 Å². The summed E-state index contributed by atoms with van der Waals surface area (Å²) in [4.78, 5) is 11.5. The summed E-state index contributed by atoms with van der Waals surface area (Å²) in [6.45, 7) is 6.39. The number of benzene rings is 1. The first-order chi connectivity index (χ1) is 10.5. The molecule has 0 amide bonds. The summed E-state index contributed by atoms with van der Waals surface area (Å²) in [7, 11) is 0. The smallest absolute Gasteiger partial charge is 0.339 e. The molecule has 0 atom stereocenters. The summed E-state index contributed by atoms with van der Waals surface area (Å²) >= 11 is 0. The second kappa shape index (κ2) is 8.51. The minimum absolute atomic E-state index is 0.203. The lowest BCUT2D eigenvalue weighted by molar-refractivity contribution is 0.0691. The molecule has 22 heavy (non-hydrogen) atoms. The molecule has 1 rings (SSSR count). The number of rotatable bonds is 9. The van der Waals surface area contributed by atoms with Gasteiger partial charge in [-0.1, -0.05) is 40.0 Å². The number of aromatic carboxylic acids is 1. The Labute approximate surface area is 131 Å². The predicted octanol–water partition coefficient (Wildman–Crippen LogP) is 3.88. The van der Waals surface area contributed by atoms with Gasteiger partial charge in [-0.25, -0.2) is 4.79 Å². The predicted molar refractivity (Wildman–Crippen MR) is 85.1 cm³/mol. The molecule has 0 aliphatic rings. The van der Waals surface area contributed by atoms with Crippen LogP contribution in [0.2, 0.25) is 0 Å². The highest BCUT2D eigenvalue weighted by atomic mass is 16.5. The van der Waals surface area contributed by atoms with Crippen molar-refractivity contribution >= 4 is 5.97 Å². The average Bonchev–Trinajstić information content (AvgIpc) is 2.47. The number of carboxylic acid groups (broad SMARTS) is 1. The third-order valence-electron chi connectivity index (χ3n) is 3.57. The number of aromatic hydroxyl groups is 2. The third kappa shape index (κ3) is 3.84. The lowest BCUT2D eigenvalue weighted by Gasteiger charge is -2.20. The maximum Gasteiger partial charge on any atom is 0.339 e. The van der Waals surface area contributed by atoms with Gasteiger partial charge in [0.1, 0.15) is 5.56 Å². The van der Waals surface area contributed by atoms with E-state index in [1.54, 1.807) is 0 Å². The molecule has 0 unspecified atom stereocenters. The largest absolute Gasteiger partial charge is 0.504 e. The number of unbranched alkanes of at least 4 members (excludes halogenated alkanes) is 1. The molecular formula is C17H26O5. The maximum absolute atomic E-state index is 11.5. The second-order valence-corrected chi connectivity index (χ2v) is 5.37. The number of phenolic OH excluding ortho intramolecular Hbond substituents is 1. The zero-order chi connectivity index (χ0) is 16.7. The molecule has 124 valence electrons. The zero-order valence-electron chi connectivity index (χ0n) is 13.6. The van der Waals surface area contributed by atoms with Crippen LogP contribution in [0.25, 0.3) is 0 Å². The molecule has 0 radical (unpaired) electrons. The Hall–Kier alpha value is -1.91. The van der Waals surface area contributed by atoms with Gasteiger partial charge >= 0.3 is 5.97 Å². The summed E-state index contributed by atoms with van der Waals surface area (Å²) in [5, 5.41) is 29.7. The number of carboxylic acids is 1. The van der Waals surface area contributed by atoms with Gasteiger partial charge in [0.15, 0.2) is 11.5 Å². The van der Waals surface area contributed by atoms with E-state index in [2.05, 4.69) is 0 Å². The fraction of sp³-hybridized carbons (Fsp3) is 0.588. The van der Waals surface area contributed by atoms with Crippen molar-refractivity contribution in [2.24, 2.45) is 0 Å². The van der Waals surface area contributed by atoms with Crippen molar-refractivity contribution in [1.29, 1.82) is 0 Å². The molecule has 0 bridgehead atoms. The number of carbonyl (C=O) groups is 1. The van der Waals surface area contributed by atoms with Crippen LogP contribution in [0.1, 0.15) is 67.9 Å². The highest BCUT2D eigenvalue weighted by Gasteiger charge is 2.27. The highest BCUT2D eigenvalue weighted by molar-refractivity contribution is 5.95. The van der Waals surface area contributed by atoms with Crippen molar-refractivity contribution in [1.82, 2.24) is 0 Å². The first kappa shape index (κ1) is 18.1. The van der Waals surface area contributed by atoms with E-state index in [9.17, 15) is 20.1 Å². The number of hydrogen-bond donors (Lipinski definition) is 3. The molecule has 0 saturated heterocycles. The van der Waals surface area contributed by atoms with E-state index in [4.69, 9.17) is 4.74 Å². The van der Waals surface area contributed by atoms with E-state index in [0.717, 1.165) is 25.7 Å². The SMILES string of the molecule is CCCCOc1c(O)c(O)c(C(=O)O)c(CCC)c1CCC. The van der Waals surface area contributed by atoms with Crippen LogP contribution < -0.4 is 4.74 Å². The molecule has 1 aromatic carbocycles. The fourth-order valence-electron chi connectivity index (χ4n) is 2.54. The fourth-order valence-corrected chi connectivity index (χ4v) is 2.54. The quantitative estimate of drug-likeness (QED) is 0.476. The molecule has 0 aromatic heterocycles. The molecule has 5 nitrogen and oxygen atoms in total. The van der Waals surface area contributed by atoms with E-state index in [1.165, 1.54) is 0 Å². The van der Waals surface area contributed by atoms with E-state index < -0.39 is 17.5 Å². The lowest BCUT2D eigenvalue weighted by Crippen LogP contribution is -2.10. The van der Waals surface area contributed by atoms with Gasteiger partial charge in [0, 0.05) is 5.56 Å². The summed E-state index contributed by atoms with van der Waals surface area (Å²) in [5.74, 6) is -2.05. The van der Waals surface area contributed by atoms with Crippen LogP contribution in [0.5, 0.6) is 17.2 Å². The van der Waals surface area contributed by atoms with Crippen LogP contribution in [-0.4, -0.2) is 27.9 Å². The van der Waals surface area contributed by atoms with Gasteiger partial charge in [-0.15, -0.1) is 0 Å². The summed E-state index contributed by atoms with van der Waals surface area (Å²) in [6.07, 6.45) is 4.44. The summed E-state index contributed by atoms with van der Waals surface area (Å²) < 4.78 is 5.66. The van der Waals surface area contributed by atoms with Crippen LogP contribution in [0.3, 0.4) is 0 Å². The minimum atomic E-state index is -1.23. The average molecular weight is 310 g/mol. The van der Waals surface area contributed by atoms with E-state index in [1.807, 2.05) is 20.8 Å². The van der Waals surface area contributed by atoms with Gasteiger partial charge in [0.2, 0.25) is 5.75 Å². The van der Waals surface area contributed by atoms with Gasteiger partial charge in [0.25, 0.3) is 0 Å². The first-order valence-corrected chi connectivity index (χ1v) is 7.95. The van der Waals surface area contributed by atoms with Crippen molar-refractivity contribution in [3.63, 3.8) is 0 Å². The maximum atomic E-state index is 11.5. The Morgan fingerprint density at radius 3 is 2.05 bits per heavy atom. The van der Waals surface area contributed by atoms with Crippen molar-refractivity contribution in [3.05, 3.63) is 16.7 Å². The van der Waals surface area contributed by atoms with Gasteiger partial charge < -0.3 is 20.1 Å². The Bertz CT molecular complexity index is 523. The van der Waals surface area contributed by atoms with Crippen molar-refractivity contribution in [3.8, 4) is 17.2 Å². The van der Waals surface area contributed by atoms with Gasteiger partial charge in [-0.05, 0) is 24.8 Å². The van der Waals surface area contributed by atoms with Crippen LogP contribution in [-0.2, 0) is 12.8 Å². The third-order valence-corrected chi connectivity index (χ3v) is 3.57. The van der Waals surface area contributed by atoms with Crippen LogP contribution in [0.4, 0.5) is 0 Å². The standard InChI is InChI=1S/C17H26O5/c1-4-7-10-22-16-12(9-6-3)11(8-5-2)13(17(20)21)14(18)15(16)19/h18-19H,4-10H2,1-3H3,(H,20,21). The first-order valence-electron chi connectivity index (χ1n) is 7.95. The van der Waals surface area contributed by atoms with Crippen molar-refractivity contribution < 1.29 is 24.9 Å². The lowest BCUT2D eigenvalue weighted by atomic mass is 9.92. The van der Waals surface area contributed by atoms with Gasteiger partial charge in [0.05, 0.1) is 6.61 Å².